The highest BCUT2D eigenvalue weighted by Gasteiger charge is 2.26. The molecule has 1 atom stereocenters. The Morgan fingerprint density at radius 2 is 1.89 bits per heavy atom. The molecule has 1 aromatic carbocycles. The Labute approximate surface area is 116 Å². The number of carbonyl (C=O) groups is 1. The molecule has 3 nitrogen and oxygen atoms in total. The Hall–Kier alpha value is -1.35. The van der Waals surface area contributed by atoms with Crippen molar-refractivity contribution in [1.82, 2.24) is 5.32 Å². The average Bonchev–Trinajstić information content (AvgIpc) is 2.34. The minimum absolute atomic E-state index is 0.0154. The van der Waals surface area contributed by atoms with Gasteiger partial charge in [0, 0.05) is 12.6 Å². The molecule has 1 aromatic rings. The van der Waals surface area contributed by atoms with Crippen molar-refractivity contribution in [2.45, 2.75) is 46.7 Å². The van der Waals surface area contributed by atoms with Crippen molar-refractivity contribution in [2.24, 2.45) is 5.41 Å². The lowest BCUT2D eigenvalue weighted by molar-refractivity contribution is -0.144. The van der Waals surface area contributed by atoms with Gasteiger partial charge in [-0.3, -0.25) is 4.79 Å². The largest absolute Gasteiger partial charge is 0.466 e. The van der Waals surface area contributed by atoms with Crippen LogP contribution in [0, 0.1) is 5.41 Å². The van der Waals surface area contributed by atoms with E-state index in [9.17, 15) is 4.79 Å². The van der Waals surface area contributed by atoms with Crippen LogP contribution in [0.25, 0.3) is 0 Å². The van der Waals surface area contributed by atoms with Gasteiger partial charge in [-0.15, -0.1) is 0 Å². The van der Waals surface area contributed by atoms with Gasteiger partial charge in [-0.2, -0.15) is 0 Å². The number of rotatable bonds is 6. The Bertz CT molecular complexity index is 381. The maximum atomic E-state index is 11.6. The summed E-state index contributed by atoms with van der Waals surface area (Å²) in [5.41, 5.74) is 1.24. The van der Waals surface area contributed by atoms with E-state index in [0.29, 0.717) is 13.0 Å². The van der Waals surface area contributed by atoms with E-state index in [1.165, 1.54) is 5.56 Å². The predicted octanol–water partition coefficient (Wildman–Crippen LogP) is 3.14. The second kappa shape index (κ2) is 7.29. The number of ether oxygens (including phenoxy) is 1. The molecule has 19 heavy (non-hydrogen) atoms. The van der Waals surface area contributed by atoms with Crippen molar-refractivity contribution in [1.29, 1.82) is 0 Å². The Balaban J connectivity index is 2.58. The fraction of sp³-hybridized carbons (Fsp3) is 0.562. The van der Waals surface area contributed by atoms with Crippen LogP contribution < -0.4 is 5.32 Å². The second-order valence-electron chi connectivity index (χ2n) is 5.79. The quantitative estimate of drug-likeness (QED) is 0.801. The van der Waals surface area contributed by atoms with Gasteiger partial charge >= 0.3 is 5.97 Å². The molecule has 1 rings (SSSR count). The highest BCUT2D eigenvalue weighted by molar-refractivity contribution is 5.70. The van der Waals surface area contributed by atoms with Crippen LogP contribution >= 0.6 is 0 Å². The normalized spacial score (nSPS) is 13.1. The molecule has 0 aliphatic carbocycles. The Kier molecular flexibility index (Phi) is 6.03. The number of hydrogen-bond donors (Lipinski definition) is 1. The molecule has 0 fully saturated rings. The van der Waals surface area contributed by atoms with Crippen LogP contribution in [-0.2, 0) is 16.1 Å². The summed E-state index contributed by atoms with van der Waals surface area (Å²) in [6.07, 6.45) is 0.407. The standard InChI is InChI=1S/C16H25NO2/c1-5-19-15(18)11-14(16(2,3)4)17-12-13-9-7-6-8-10-13/h6-10,14,17H,5,11-12H2,1-4H3. The van der Waals surface area contributed by atoms with Gasteiger partial charge < -0.3 is 10.1 Å². The number of carbonyl (C=O) groups excluding carboxylic acids is 1. The van der Waals surface area contributed by atoms with E-state index in [4.69, 9.17) is 4.74 Å². The summed E-state index contributed by atoms with van der Waals surface area (Å²) in [5.74, 6) is -0.136. The van der Waals surface area contributed by atoms with Crippen molar-refractivity contribution in [3.63, 3.8) is 0 Å². The summed E-state index contributed by atoms with van der Waals surface area (Å²) in [7, 11) is 0. The lowest BCUT2D eigenvalue weighted by atomic mass is 9.84. The zero-order chi connectivity index (χ0) is 14.3. The molecule has 1 N–H and O–H groups in total. The van der Waals surface area contributed by atoms with E-state index in [2.05, 4.69) is 38.2 Å². The van der Waals surface area contributed by atoms with Crippen LogP contribution in [-0.4, -0.2) is 18.6 Å². The third-order valence-electron chi connectivity index (χ3n) is 3.12. The van der Waals surface area contributed by atoms with Crippen molar-refractivity contribution in [3.05, 3.63) is 35.9 Å². The lowest BCUT2D eigenvalue weighted by Crippen LogP contribution is -2.41. The summed E-state index contributed by atoms with van der Waals surface area (Å²) >= 11 is 0. The summed E-state index contributed by atoms with van der Waals surface area (Å²) in [6.45, 7) is 9.44. The third-order valence-corrected chi connectivity index (χ3v) is 3.12. The van der Waals surface area contributed by atoms with Crippen LogP contribution in [0.2, 0.25) is 0 Å². The molecule has 0 amide bonds. The lowest BCUT2D eigenvalue weighted by Gasteiger charge is -2.31. The van der Waals surface area contributed by atoms with E-state index >= 15 is 0 Å². The average molecular weight is 263 g/mol. The van der Waals surface area contributed by atoms with Gasteiger partial charge in [-0.1, -0.05) is 51.1 Å². The van der Waals surface area contributed by atoms with E-state index in [1.807, 2.05) is 25.1 Å². The predicted molar refractivity (Wildman–Crippen MR) is 77.8 cm³/mol. The minimum atomic E-state index is -0.136. The van der Waals surface area contributed by atoms with Gasteiger partial charge in [-0.05, 0) is 17.9 Å². The zero-order valence-electron chi connectivity index (χ0n) is 12.4. The highest BCUT2D eigenvalue weighted by Crippen LogP contribution is 2.22. The molecular formula is C16H25NO2. The maximum absolute atomic E-state index is 11.6. The van der Waals surface area contributed by atoms with Gasteiger partial charge in [0.15, 0.2) is 0 Å². The summed E-state index contributed by atoms with van der Waals surface area (Å²) in [6, 6.07) is 10.3. The fourth-order valence-electron chi connectivity index (χ4n) is 1.91. The van der Waals surface area contributed by atoms with Crippen LogP contribution in [0.3, 0.4) is 0 Å². The number of benzene rings is 1. The highest BCUT2D eigenvalue weighted by atomic mass is 16.5. The number of hydrogen-bond acceptors (Lipinski definition) is 3. The van der Waals surface area contributed by atoms with Crippen LogP contribution in [0.15, 0.2) is 30.3 Å². The zero-order valence-corrected chi connectivity index (χ0v) is 12.4. The van der Waals surface area contributed by atoms with E-state index in [1.54, 1.807) is 0 Å². The first-order valence-corrected chi connectivity index (χ1v) is 6.86. The SMILES string of the molecule is CCOC(=O)CC(NCc1ccccc1)C(C)(C)C. The smallest absolute Gasteiger partial charge is 0.307 e. The molecular weight excluding hydrogens is 238 g/mol. The maximum Gasteiger partial charge on any atom is 0.307 e. The summed E-state index contributed by atoms with van der Waals surface area (Å²) in [5, 5.41) is 3.46. The molecule has 0 saturated heterocycles. The molecule has 0 aliphatic rings. The molecule has 0 bridgehead atoms. The van der Waals surface area contributed by atoms with Gasteiger partial charge in [0.2, 0.25) is 0 Å². The van der Waals surface area contributed by atoms with Gasteiger partial charge in [0.05, 0.1) is 13.0 Å². The van der Waals surface area contributed by atoms with Crippen molar-refractivity contribution < 1.29 is 9.53 Å². The Morgan fingerprint density at radius 3 is 2.42 bits per heavy atom. The summed E-state index contributed by atoms with van der Waals surface area (Å²) < 4.78 is 5.04. The molecule has 1 unspecified atom stereocenters. The molecule has 0 heterocycles. The first-order chi connectivity index (χ1) is 8.93. The first-order valence-electron chi connectivity index (χ1n) is 6.86. The first kappa shape index (κ1) is 15.7. The molecule has 106 valence electrons. The van der Waals surface area contributed by atoms with Crippen LogP contribution in [0.4, 0.5) is 0 Å². The topological polar surface area (TPSA) is 38.3 Å². The molecule has 0 radical (unpaired) electrons. The van der Waals surface area contributed by atoms with E-state index in [0.717, 1.165) is 6.54 Å². The Morgan fingerprint density at radius 1 is 1.26 bits per heavy atom. The van der Waals surface area contributed by atoms with Crippen LogP contribution in [0.5, 0.6) is 0 Å². The second-order valence-corrected chi connectivity index (χ2v) is 5.79. The molecule has 3 heteroatoms. The van der Waals surface area contributed by atoms with Gasteiger partial charge in [0.1, 0.15) is 0 Å². The van der Waals surface area contributed by atoms with E-state index in [-0.39, 0.29) is 17.4 Å². The summed E-state index contributed by atoms with van der Waals surface area (Å²) in [4.78, 5) is 11.6. The van der Waals surface area contributed by atoms with Gasteiger partial charge in [0.25, 0.3) is 0 Å². The monoisotopic (exact) mass is 263 g/mol. The van der Waals surface area contributed by atoms with Gasteiger partial charge in [-0.25, -0.2) is 0 Å². The minimum Gasteiger partial charge on any atom is -0.466 e. The molecule has 0 spiro atoms. The molecule has 0 aromatic heterocycles. The number of esters is 1. The van der Waals surface area contributed by atoms with Crippen molar-refractivity contribution >= 4 is 5.97 Å². The van der Waals surface area contributed by atoms with Crippen LogP contribution in [0.1, 0.15) is 39.7 Å². The molecule has 0 aliphatic heterocycles. The van der Waals surface area contributed by atoms with E-state index < -0.39 is 0 Å². The van der Waals surface area contributed by atoms with Crippen molar-refractivity contribution in [3.8, 4) is 0 Å². The fourth-order valence-corrected chi connectivity index (χ4v) is 1.91. The molecule has 0 saturated carbocycles. The van der Waals surface area contributed by atoms with Crippen molar-refractivity contribution in [2.75, 3.05) is 6.61 Å². The third kappa shape index (κ3) is 5.88. The number of nitrogens with one attached hydrogen (secondary N) is 1.